The van der Waals surface area contributed by atoms with E-state index < -0.39 is 0 Å². The zero-order valence-corrected chi connectivity index (χ0v) is 11.5. The first kappa shape index (κ1) is 13.2. The lowest BCUT2D eigenvalue weighted by Gasteiger charge is -2.20. The van der Waals surface area contributed by atoms with Gasteiger partial charge < -0.3 is 15.0 Å². The summed E-state index contributed by atoms with van der Waals surface area (Å²) in [7, 11) is 3.46. The van der Waals surface area contributed by atoms with Gasteiger partial charge in [-0.15, -0.1) is 0 Å². The highest BCUT2D eigenvalue weighted by Crippen LogP contribution is 2.35. The van der Waals surface area contributed by atoms with Crippen molar-refractivity contribution < 1.29 is 9.53 Å². The van der Waals surface area contributed by atoms with Gasteiger partial charge in [0.2, 0.25) is 5.91 Å². The van der Waals surface area contributed by atoms with Crippen molar-refractivity contribution >= 4 is 23.2 Å². The third kappa shape index (κ3) is 2.31. The average molecular weight is 269 g/mol. The van der Waals surface area contributed by atoms with Crippen LogP contribution in [-0.4, -0.2) is 32.7 Å². The van der Waals surface area contributed by atoms with Crippen LogP contribution in [0.5, 0.6) is 5.75 Å². The molecule has 0 aliphatic carbocycles. The standard InChI is InChI=1S/C13H17ClN2O2/c1-8-4-12(18-3)11(6-10(8)14)16-7-9(15-2)5-13(16)17/h4,6,9,15H,5,7H2,1-3H3. The van der Waals surface area contributed by atoms with Gasteiger partial charge in [-0.05, 0) is 31.7 Å². The van der Waals surface area contributed by atoms with Crippen LogP contribution in [0.15, 0.2) is 12.1 Å². The molecule has 1 aliphatic heterocycles. The van der Waals surface area contributed by atoms with E-state index in [9.17, 15) is 4.79 Å². The molecule has 4 nitrogen and oxygen atoms in total. The monoisotopic (exact) mass is 268 g/mol. The predicted molar refractivity (Wildman–Crippen MR) is 72.6 cm³/mol. The molecule has 18 heavy (non-hydrogen) atoms. The molecule has 1 aromatic rings. The molecule has 1 N–H and O–H groups in total. The number of benzene rings is 1. The Morgan fingerprint density at radius 3 is 2.78 bits per heavy atom. The number of anilines is 1. The fourth-order valence-corrected chi connectivity index (χ4v) is 2.31. The van der Waals surface area contributed by atoms with E-state index in [0.717, 1.165) is 11.3 Å². The lowest BCUT2D eigenvalue weighted by molar-refractivity contribution is -0.117. The number of ether oxygens (including phenoxy) is 1. The smallest absolute Gasteiger partial charge is 0.228 e. The lowest BCUT2D eigenvalue weighted by Crippen LogP contribution is -2.30. The number of hydrogen-bond acceptors (Lipinski definition) is 3. The molecule has 0 bridgehead atoms. The van der Waals surface area contributed by atoms with Gasteiger partial charge in [0, 0.05) is 24.0 Å². The molecule has 1 aromatic carbocycles. The van der Waals surface area contributed by atoms with Crippen molar-refractivity contribution in [1.82, 2.24) is 5.32 Å². The van der Waals surface area contributed by atoms with Gasteiger partial charge in [0.25, 0.3) is 0 Å². The quantitative estimate of drug-likeness (QED) is 0.912. The van der Waals surface area contributed by atoms with Crippen LogP contribution in [0.3, 0.4) is 0 Å². The zero-order valence-electron chi connectivity index (χ0n) is 10.8. The largest absolute Gasteiger partial charge is 0.495 e. The maximum absolute atomic E-state index is 12.0. The molecule has 1 atom stereocenters. The van der Waals surface area contributed by atoms with Crippen LogP contribution >= 0.6 is 11.6 Å². The fourth-order valence-electron chi connectivity index (χ4n) is 2.15. The molecular weight excluding hydrogens is 252 g/mol. The first-order valence-corrected chi connectivity index (χ1v) is 6.26. The minimum absolute atomic E-state index is 0.0903. The highest BCUT2D eigenvalue weighted by Gasteiger charge is 2.31. The Labute approximate surface area is 112 Å². The van der Waals surface area contributed by atoms with Crippen molar-refractivity contribution in [3.05, 3.63) is 22.7 Å². The molecule has 2 rings (SSSR count). The molecule has 1 unspecified atom stereocenters. The summed E-state index contributed by atoms with van der Waals surface area (Å²) in [5.74, 6) is 0.773. The van der Waals surface area contributed by atoms with Crippen LogP contribution in [-0.2, 0) is 4.79 Å². The van der Waals surface area contributed by atoms with E-state index in [2.05, 4.69) is 5.32 Å². The predicted octanol–water partition coefficient (Wildman–Crippen LogP) is 1.98. The number of halogens is 1. The number of amides is 1. The van der Waals surface area contributed by atoms with E-state index in [1.807, 2.05) is 20.0 Å². The third-order valence-corrected chi connectivity index (χ3v) is 3.69. The maximum atomic E-state index is 12.0. The molecule has 5 heteroatoms. The summed E-state index contributed by atoms with van der Waals surface area (Å²) in [5, 5.41) is 3.77. The van der Waals surface area contributed by atoms with Crippen molar-refractivity contribution in [1.29, 1.82) is 0 Å². The number of carbonyl (C=O) groups is 1. The summed E-state index contributed by atoms with van der Waals surface area (Å²) in [4.78, 5) is 13.7. The molecule has 1 fully saturated rings. The van der Waals surface area contributed by atoms with Gasteiger partial charge in [-0.25, -0.2) is 0 Å². The van der Waals surface area contributed by atoms with Gasteiger partial charge >= 0.3 is 0 Å². The van der Waals surface area contributed by atoms with E-state index >= 15 is 0 Å². The van der Waals surface area contributed by atoms with E-state index in [4.69, 9.17) is 16.3 Å². The molecule has 1 heterocycles. The molecule has 0 saturated carbocycles. The van der Waals surface area contributed by atoms with Gasteiger partial charge in [-0.2, -0.15) is 0 Å². The second kappa shape index (κ2) is 5.16. The minimum atomic E-state index is 0.0903. The average Bonchev–Trinajstić information content (AvgIpc) is 2.73. The molecule has 0 radical (unpaired) electrons. The summed E-state index contributed by atoms with van der Waals surface area (Å²) in [6.45, 7) is 2.56. The molecule has 0 aromatic heterocycles. The van der Waals surface area contributed by atoms with Gasteiger partial charge in [-0.3, -0.25) is 4.79 Å². The van der Waals surface area contributed by atoms with Gasteiger partial charge in [-0.1, -0.05) is 11.6 Å². The van der Waals surface area contributed by atoms with Gasteiger partial charge in [0.1, 0.15) is 5.75 Å². The Bertz CT molecular complexity index is 476. The number of hydrogen-bond donors (Lipinski definition) is 1. The zero-order chi connectivity index (χ0) is 13.3. The minimum Gasteiger partial charge on any atom is -0.495 e. The van der Waals surface area contributed by atoms with Crippen molar-refractivity contribution in [2.75, 3.05) is 25.6 Å². The number of methoxy groups -OCH3 is 1. The van der Waals surface area contributed by atoms with Crippen LogP contribution in [0.1, 0.15) is 12.0 Å². The maximum Gasteiger partial charge on any atom is 0.228 e. The van der Waals surface area contributed by atoms with Crippen LogP contribution in [0, 0.1) is 6.92 Å². The van der Waals surface area contributed by atoms with E-state index in [-0.39, 0.29) is 11.9 Å². The molecule has 98 valence electrons. The van der Waals surface area contributed by atoms with Crippen LogP contribution in [0.4, 0.5) is 5.69 Å². The summed E-state index contributed by atoms with van der Waals surface area (Å²) in [6, 6.07) is 3.84. The first-order chi connectivity index (χ1) is 8.56. The molecule has 1 saturated heterocycles. The van der Waals surface area contributed by atoms with E-state index in [1.54, 1.807) is 18.1 Å². The van der Waals surface area contributed by atoms with E-state index in [0.29, 0.717) is 23.7 Å². The second-order valence-corrected chi connectivity index (χ2v) is 4.87. The molecule has 0 spiro atoms. The fraction of sp³-hybridized carbons (Fsp3) is 0.462. The van der Waals surface area contributed by atoms with Gasteiger partial charge in [0.15, 0.2) is 0 Å². The summed E-state index contributed by atoms with van der Waals surface area (Å²) in [5.41, 5.74) is 1.69. The Morgan fingerprint density at radius 2 is 2.22 bits per heavy atom. The lowest BCUT2D eigenvalue weighted by atomic mass is 10.2. The summed E-state index contributed by atoms with van der Waals surface area (Å²) in [6.07, 6.45) is 0.505. The topological polar surface area (TPSA) is 41.6 Å². The van der Waals surface area contributed by atoms with Crippen molar-refractivity contribution in [3.8, 4) is 5.75 Å². The second-order valence-electron chi connectivity index (χ2n) is 4.47. The Balaban J connectivity index is 2.38. The molecular formula is C13H17ClN2O2. The first-order valence-electron chi connectivity index (χ1n) is 5.88. The summed E-state index contributed by atoms with van der Waals surface area (Å²) < 4.78 is 5.34. The van der Waals surface area contributed by atoms with Crippen LogP contribution in [0.25, 0.3) is 0 Å². The van der Waals surface area contributed by atoms with Crippen molar-refractivity contribution in [2.45, 2.75) is 19.4 Å². The molecule has 1 aliphatic rings. The number of carbonyl (C=O) groups excluding carboxylic acids is 1. The Kier molecular flexibility index (Phi) is 3.78. The summed E-state index contributed by atoms with van der Waals surface area (Å²) >= 11 is 6.13. The number of aryl methyl sites for hydroxylation is 1. The highest BCUT2D eigenvalue weighted by atomic mass is 35.5. The number of nitrogens with one attached hydrogen (secondary N) is 1. The Morgan fingerprint density at radius 1 is 1.50 bits per heavy atom. The number of rotatable bonds is 3. The normalized spacial score (nSPS) is 19.4. The Hall–Kier alpha value is -1.26. The molecule has 1 amide bonds. The SMILES string of the molecule is CNC1CC(=O)N(c2cc(Cl)c(C)cc2OC)C1. The van der Waals surface area contributed by atoms with E-state index in [1.165, 1.54) is 0 Å². The third-order valence-electron chi connectivity index (χ3n) is 3.28. The number of likely N-dealkylation sites (N-methyl/N-ethyl adjacent to an activating group) is 1. The van der Waals surface area contributed by atoms with Crippen molar-refractivity contribution in [3.63, 3.8) is 0 Å². The van der Waals surface area contributed by atoms with Crippen LogP contribution < -0.4 is 15.0 Å². The van der Waals surface area contributed by atoms with Crippen molar-refractivity contribution in [2.24, 2.45) is 0 Å². The highest BCUT2D eigenvalue weighted by molar-refractivity contribution is 6.31. The number of nitrogens with zero attached hydrogens (tertiary/aromatic N) is 1. The van der Waals surface area contributed by atoms with Gasteiger partial charge in [0.05, 0.1) is 12.8 Å². The van der Waals surface area contributed by atoms with Crippen LogP contribution in [0.2, 0.25) is 5.02 Å².